The van der Waals surface area contributed by atoms with Crippen molar-refractivity contribution in [1.29, 1.82) is 0 Å². The van der Waals surface area contributed by atoms with E-state index < -0.39 is 12.1 Å². The summed E-state index contributed by atoms with van der Waals surface area (Å²) in [5.74, 6) is -1.12. The van der Waals surface area contributed by atoms with E-state index in [0.717, 1.165) is 11.3 Å². The Labute approximate surface area is 105 Å². The smallest absolute Gasteiger partial charge is 0.299 e. The summed E-state index contributed by atoms with van der Waals surface area (Å²) < 4.78 is 39.3. The van der Waals surface area contributed by atoms with Crippen LogP contribution in [0.25, 0.3) is 0 Å². The summed E-state index contributed by atoms with van der Waals surface area (Å²) in [6.45, 7) is 3.65. The summed E-state index contributed by atoms with van der Waals surface area (Å²) in [6.07, 6.45) is -1.67. The van der Waals surface area contributed by atoms with Crippen molar-refractivity contribution in [3.63, 3.8) is 0 Å². The molecule has 0 atom stereocenters. The van der Waals surface area contributed by atoms with Gasteiger partial charge in [0, 0.05) is 25.4 Å². The highest BCUT2D eigenvalue weighted by Crippen LogP contribution is 2.34. The van der Waals surface area contributed by atoms with Crippen molar-refractivity contribution in [3.8, 4) is 0 Å². The molecule has 0 aliphatic carbocycles. The van der Waals surface area contributed by atoms with Gasteiger partial charge in [-0.15, -0.1) is 0 Å². The zero-order chi connectivity index (χ0) is 13.3. The van der Waals surface area contributed by atoms with E-state index in [0.29, 0.717) is 19.6 Å². The molecule has 0 unspecified atom stereocenters. The number of nitrogens with zero attached hydrogens (tertiary/aromatic N) is 3. The zero-order valence-corrected chi connectivity index (χ0v) is 10.7. The Morgan fingerprint density at radius 3 is 2.39 bits per heavy atom. The fraction of sp³-hybridized carbons (Fsp3) is 0.750. The molecular weight excluding hydrogens is 243 g/mol. The Morgan fingerprint density at radius 2 is 1.94 bits per heavy atom. The van der Waals surface area contributed by atoms with Gasteiger partial charge in [-0.1, -0.05) is 0 Å². The minimum absolute atomic E-state index is 0.211. The van der Waals surface area contributed by atoms with Gasteiger partial charge in [-0.3, -0.25) is 9.58 Å². The third-order valence-electron chi connectivity index (χ3n) is 3.56. The molecule has 0 bridgehead atoms. The number of rotatable bonds is 2. The van der Waals surface area contributed by atoms with Crippen LogP contribution in [-0.2, 0) is 13.6 Å². The number of likely N-dealkylation sites (tertiary alicyclic amines) is 1. The summed E-state index contributed by atoms with van der Waals surface area (Å²) in [5.41, 5.74) is 2.05. The van der Waals surface area contributed by atoms with Gasteiger partial charge < -0.3 is 0 Å². The second-order valence-electron chi connectivity index (χ2n) is 5.01. The summed E-state index contributed by atoms with van der Waals surface area (Å²) in [4.78, 5) is 2.08. The summed E-state index contributed by atoms with van der Waals surface area (Å²) in [7, 11) is 1.85. The van der Waals surface area contributed by atoms with E-state index in [2.05, 4.69) is 10.00 Å². The Balaban J connectivity index is 1.89. The molecular formula is C12H18F3N3. The normalized spacial score (nSPS) is 19.4. The number of hydrogen-bond acceptors (Lipinski definition) is 2. The predicted molar refractivity (Wildman–Crippen MR) is 62.0 cm³/mol. The second kappa shape index (κ2) is 4.91. The standard InChI is InChI=1S/C12H18F3N3/c1-9-10(7-17(2)16-9)8-18-5-3-11(4-6-18)12(13,14)15/h7,11H,3-6,8H2,1-2H3. The lowest BCUT2D eigenvalue weighted by Gasteiger charge is -2.32. The first-order chi connectivity index (χ1) is 8.36. The highest BCUT2D eigenvalue weighted by atomic mass is 19.4. The minimum atomic E-state index is -4.03. The molecule has 0 saturated carbocycles. The van der Waals surface area contributed by atoms with E-state index >= 15 is 0 Å². The van der Waals surface area contributed by atoms with E-state index in [1.165, 1.54) is 0 Å². The fourth-order valence-electron chi connectivity index (χ4n) is 2.46. The van der Waals surface area contributed by atoms with Crippen molar-refractivity contribution in [2.75, 3.05) is 13.1 Å². The molecule has 2 rings (SSSR count). The van der Waals surface area contributed by atoms with Gasteiger partial charge in [-0.2, -0.15) is 18.3 Å². The quantitative estimate of drug-likeness (QED) is 0.815. The molecule has 1 aromatic heterocycles. The molecule has 1 aliphatic heterocycles. The van der Waals surface area contributed by atoms with Crippen LogP contribution in [-0.4, -0.2) is 33.9 Å². The number of hydrogen-bond donors (Lipinski definition) is 0. The third-order valence-corrected chi connectivity index (χ3v) is 3.56. The highest BCUT2D eigenvalue weighted by molar-refractivity contribution is 5.15. The van der Waals surface area contributed by atoms with Crippen molar-refractivity contribution in [2.24, 2.45) is 13.0 Å². The van der Waals surface area contributed by atoms with Crippen LogP contribution in [0.4, 0.5) is 13.2 Å². The molecule has 18 heavy (non-hydrogen) atoms. The lowest BCUT2D eigenvalue weighted by molar-refractivity contribution is -0.185. The SMILES string of the molecule is Cc1nn(C)cc1CN1CCC(C(F)(F)F)CC1. The molecule has 1 fully saturated rings. The summed E-state index contributed by atoms with van der Waals surface area (Å²) in [5, 5.41) is 4.24. The van der Waals surface area contributed by atoms with Gasteiger partial charge in [0.25, 0.3) is 0 Å². The average molecular weight is 261 g/mol. The maximum absolute atomic E-state index is 12.5. The molecule has 102 valence electrons. The van der Waals surface area contributed by atoms with Gasteiger partial charge in [-0.05, 0) is 32.9 Å². The third kappa shape index (κ3) is 3.04. The van der Waals surface area contributed by atoms with Gasteiger partial charge in [-0.25, -0.2) is 0 Å². The summed E-state index contributed by atoms with van der Waals surface area (Å²) in [6, 6.07) is 0. The Hall–Kier alpha value is -1.04. The molecule has 2 heterocycles. The largest absolute Gasteiger partial charge is 0.391 e. The van der Waals surface area contributed by atoms with Crippen LogP contribution in [0.2, 0.25) is 0 Å². The number of aromatic nitrogens is 2. The molecule has 1 aromatic rings. The van der Waals surface area contributed by atoms with Gasteiger partial charge in [0.15, 0.2) is 0 Å². The van der Waals surface area contributed by atoms with E-state index in [9.17, 15) is 13.2 Å². The van der Waals surface area contributed by atoms with Gasteiger partial charge in [0.1, 0.15) is 0 Å². The van der Waals surface area contributed by atoms with Crippen molar-refractivity contribution in [1.82, 2.24) is 14.7 Å². The molecule has 1 saturated heterocycles. The van der Waals surface area contributed by atoms with Crippen LogP contribution in [0, 0.1) is 12.8 Å². The number of piperidine rings is 1. The zero-order valence-electron chi connectivity index (χ0n) is 10.7. The second-order valence-corrected chi connectivity index (χ2v) is 5.01. The average Bonchev–Trinajstić information content (AvgIpc) is 2.57. The minimum Gasteiger partial charge on any atom is -0.299 e. The Morgan fingerprint density at radius 1 is 1.33 bits per heavy atom. The molecule has 0 radical (unpaired) electrons. The molecule has 0 amide bonds. The van der Waals surface area contributed by atoms with Crippen LogP contribution in [0.5, 0.6) is 0 Å². The van der Waals surface area contributed by atoms with Crippen LogP contribution in [0.3, 0.4) is 0 Å². The predicted octanol–water partition coefficient (Wildman–Crippen LogP) is 2.50. The van der Waals surface area contributed by atoms with Gasteiger partial charge in [0.05, 0.1) is 11.6 Å². The molecule has 0 spiro atoms. The van der Waals surface area contributed by atoms with Crippen LogP contribution in [0.15, 0.2) is 6.20 Å². The first-order valence-corrected chi connectivity index (χ1v) is 6.14. The van der Waals surface area contributed by atoms with Crippen molar-refractivity contribution in [2.45, 2.75) is 32.5 Å². The number of aryl methyl sites for hydroxylation is 2. The molecule has 3 nitrogen and oxygen atoms in total. The number of halogens is 3. The van der Waals surface area contributed by atoms with E-state index in [1.54, 1.807) is 4.68 Å². The molecule has 0 N–H and O–H groups in total. The Bertz CT molecular complexity index is 403. The highest BCUT2D eigenvalue weighted by Gasteiger charge is 2.40. The maximum atomic E-state index is 12.5. The van der Waals surface area contributed by atoms with Crippen molar-refractivity contribution in [3.05, 3.63) is 17.5 Å². The monoisotopic (exact) mass is 261 g/mol. The molecule has 6 heteroatoms. The first kappa shape index (κ1) is 13.4. The molecule has 1 aliphatic rings. The first-order valence-electron chi connectivity index (χ1n) is 6.14. The van der Waals surface area contributed by atoms with Gasteiger partial charge >= 0.3 is 6.18 Å². The number of alkyl halides is 3. The van der Waals surface area contributed by atoms with Crippen LogP contribution >= 0.6 is 0 Å². The maximum Gasteiger partial charge on any atom is 0.391 e. The summed E-state index contributed by atoms with van der Waals surface area (Å²) >= 11 is 0. The van der Waals surface area contributed by atoms with E-state index in [-0.39, 0.29) is 12.8 Å². The lowest BCUT2D eigenvalue weighted by Crippen LogP contribution is -2.38. The fourth-order valence-corrected chi connectivity index (χ4v) is 2.46. The van der Waals surface area contributed by atoms with Crippen molar-refractivity contribution < 1.29 is 13.2 Å². The van der Waals surface area contributed by atoms with Crippen LogP contribution in [0.1, 0.15) is 24.1 Å². The van der Waals surface area contributed by atoms with Gasteiger partial charge in [0.2, 0.25) is 0 Å². The molecule has 0 aromatic carbocycles. The topological polar surface area (TPSA) is 21.1 Å². The van der Waals surface area contributed by atoms with Crippen LogP contribution < -0.4 is 0 Å². The Kier molecular flexibility index (Phi) is 3.66. The lowest BCUT2D eigenvalue weighted by atomic mass is 9.96. The van der Waals surface area contributed by atoms with E-state index in [1.807, 2.05) is 20.2 Å². The van der Waals surface area contributed by atoms with E-state index in [4.69, 9.17) is 0 Å². The van der Waals surface area contributed by atoms with Crippen molar-refractivity contribution >= 4 is 0 Å².